The molecule has 0 heterocycles. The lowest BCUT2D eigenvalue weighted by atomic mass is 9.97. The molecule has 2 atom stereocenters. The van der Waals surface area contributed by atoms with E-state index in [1.807, 2.05) is 42.5 Å². The van der Waals surface area contributed by atoms with E-state index in [0.717, 1.165) is 45.7 Å². The first-order chi connectivity index (χ1) is 20.2. The van der Waals surface area contributed by atoms with E-state index in [-0.39, 0.29) is 0 Å². The van der Waals surface area contributed by atoms with E-state index in [0.29, 0.717) is 25.6 Å². The zero-order valence-corrected chi connectivity index (χ0v) is 23.9. The van der Waals surface area contributed by atoms with Gasteiger partial charge in [0, 0.05) is 17.5 Å². The highest BCUT2D eigenvalue weighted by Gasteiger charge is 2.16. The molecule has 0 radical (unpaired) electrons. The second-order valence-corrected chi connectivity index (χ2v) is 10.2. The average Bonchev–Trinajstić information content (AvgIpc) is 3.04. The smallest absolute Gasteiger partial charge is 0.204 e. The molecule has 41 heavy (non-hydrogen) atoms. The summed E-state index contributed by atoms with van der Waals surface area (Å²) in [6.45, 7) is 5.24. The Labute approximate surface area is 244 Å². The molecule has 3 heteroatoms. The largest absolute Gasteiger partial charge is 0.490 e. The molecule has 0 aliphatic rings. The molecule has 208 valence electrons. The predicted molar refractivity (Wildman–Crippen MR) is 168 cm³/mol. The number of hydrogen-bond acceptors (Lipinski definition) is 3. The molecule has 5 aromatic rings. The van der Waals surface area contributed by atoms with Gasteiger partial charge in [-0.05, 0) is 46.7 Å². The van der Waals surface area contributed by atoms with Gasteiger partial charge in [0.05, 0.1) is 6.61 Å². The van der Waals surface area contributed by atoms with Gasteiger partial charge in [-0.2, -0.15) is 0 Å². The van der Waals surface area contributed by atoms with Gasteiger partial charge in [-0.3, -0.25) is 0 Å². The fourth-order valence-corrected chi connectivity index (χ4v) is 4.91. The zero-order chi connectivity index (χ0) is 28.3. The van der Waals surface area contributed by atoms with Crippen LogP contribution in [0, 0.1) is 0 Å². The van der Waals surface area contributed by atoms with Crippen LogP contribution in [0.3, 0.4) is 0 Å². The van der Waals surface area contributed by atoms with Crippen molar-refractivity contribution in [1.29, 1.82) is 0 Å². The van der Waals surface area contributed by atoms with Crippen molar-refractivity contribution in [2.75, 3.05) is 13.2 Å². The molecule has 0 aliphatic heterocycles. The van der Waals surface area contributed by atoms with Gasteiger partial charge in [-0.1, -0.05) is 135 Å². The Morgan fingerprint density at radius 2 is 1.15 bits per heavy atom. The van der Waals surface area contributed by atoms with Crippen LogP contribution in [0.15, 0.2) is 133 Å². The molecule has 0 spiro atoms. The second-order valence-electron chi connectivity index (χ2n) is 10.2. The Morgan fingerprint density at radius 3 is 1.71 bits per heavy atom. The van der Waals surface area contributed by atoms with Crippen molar-refractivity contribution in [1.82, 2.24) is 0 Å². The summed E-state index contributed by atoms with van der Waals surface area (Å²) in [6, 6.07) is 45.8. The standard InChI is InChI=1S/C38H38O3/c1-3-29(2)31-22-24-34(25-23-31)41-37(28-30-14-7-4-8-15-30)39-26-27-40-38-35(32-16-9-5-10-17-32)20-13-21-36(38)33-18-11-6-12-19-33/h4-25,29,37H,3,26-28H2,1-2H3. The van der Waals surface area contributed by atoms with Gasteiger partial charge in [0.1, 0.15) is 18.1 Å². The van der Waals surface area contributed by atoms with Crippen LogP contribution in [0.4, 0.5) is 0 Å². The first kappa shape index (κ1) is 28.2. The van der Waals surface area contributed by atoms with Crippen molar-refractivity contribution < 1.29 is 14.2 Å². The van der Waals surface area contributed by atoms with Crippen LogP contribution in [-0.4, -0.2) is 19.5 Å². The van der Waals surface area contributed by atoms with Crippen LogP contribution in [0.25, 0.3) is 22.3 Å². The van der Waals surface area contributed by atoms with Crippen molar-refractivity contribution in [3.05, 3.63) is 145 Å². The summed E-state index contributed by atoms with van der Waals surface area (Å²) in [6.07, 6.45) is 1.32. The Hall–Kier alpha value is -4.34. The fraction of sp³-hybridized carbons (Fsp3) is 0.211. The topological polar surface area (TPSA) is 27.7 Å². The molecule has 0 aromatic heterocycles. The SMILES string of the molecule is CCC(C)c1ccc(OC(Cc2ccccc2)OCCOc2c(-c3ccccc3)cccc2-c2ccccc2)cc1. The lowest BCUT2D eigenvalue weighted by Crippen LogP contribution is -2.26. The minimum atomic E-state index is -0.437. The third kappa shape index (κ3) is 7.65. The summed E-state index contributed by atoms with van der Waals surface area (Å²) in [5.41, 5.74) is 6.84. The lowest BCUT2D eigenvalue weighted by Gasteiger charge is -2.21. The molecule has 5 aromatic carbocycles. The Kier molecular flexibility index (Phi) is 9.86. The van der Waals surface area contributed by atoms with Crippen LogP contribution >= 0.6 is 0 Å². The third-order valence-corrected chi connectivity index (χ3v) is 7.39. The van der Waals surface area contributed by atoms with E-state index in [9.17, 15) is 0 Å². The number of hydrogen-bond donors (Lipinski definition) is 0. The van der Waals surface area contributed by atoms with Crippen molar-refractivity contribution in [3.63, 3.8) is 0 Å². The van der Waals surface area contributed by atoms with Crippen LogP contribution < -0.4 is 9.47 Å². The van der Waals surface area contributed by atoms with Gasteiger partial charge < -0.3 is 14.2 Å². The van der Waals surface area contributed by atoms with Crippen molar-refractivity contribution in [2.45, 2.75) is 38.9 Å². The van der Waals surface area contributed by atoms with Gasteiger partial charge in [0.2, 0.25) is 6.29 Å². The van der Waals surface area contributed by atoms with Gasteiger partial charge in [-0.25, -0.2) is 0 Å². The summed E-state index contributed by atoms with van der Waals surface area (Å²) in [5.74, 6) is 2.19. The molecule has 3 nitrogen and oxygen atoms in total. The highest BCUT2D eigenvalue weighted by molar-refractivity contribution is 5.82. The summed E-state index contributed by atoms with van der Waals surface area (Å²) in [5, 5.41) is 0. The molecular weight excluding hydrogens is 504 g/mol. The predicted octanol–water partition coefficient (Wildman–Crippen LogP) is 9.58. The monoisotopic (exact) mass is 542 g/mol. The molecule has 0 bridgehead atoms. The van der Waals surface area contributed by atoms with E-state index in [1.54, 1.807) is 0 Å². The van der Waals surface area contributed by atoms with Crippen LogP contribution in [-0.2, 0) is 11.2 Å². The summed E-state index contributed by atoms with van der Waals surface area (Å²) in [4.78, 5) is 0. The minimum absolute atomic E-state index is 0.389. The molecule has 0 saturated carbocycles. The van der Waals surface area contributed by atoms with E-state index in [4.69, 9.17) is 14.2 Å². The maximum atomic E-state index is 6.50. The second kappa shape index (κ2) is 14.3. The fourth-order valence-electron chi connectivity index (χ4n) is 4.91. The first-order valence-electron chi connectivity index (χ1n) is 14.5. The molecule has 2 unspecified atom stereocenters. The van der Waals surface area contributed by atoms with E-state index in [1.165, 1.54) is 5.56 Å². The summed E-state index contributed by atoms with van der Waals surface area (Å²) in [7, 11) is 0. The van der Waals surface area contributed by atoms with Crippen LogP contribution in [0.5, 0.6) is 11.5 Å². The third-order valence-electron chi connectivity index (χ3n) is 7.39. The van der Waals surface area contributed by atoms with Crippen molar-refractivity contribution >= 4 is 0 Å². The number of benzene rings is 5. The van der Waals surface area contributed by atoms with E-state index in [2.05, 4.69) is 105 Å². The average molecular weight is 543 g/mol. The number of ether oxygens (including phenoxy) is 3. The minimum Gasteiger partial charge on any atom is -0.490 e. The summed E-state index contributed by atoms with van der Waals surface area (Å²) < 4.78 is 19.2. The highest BCUT2D eigenvalue weighted by atomic mass is 16.7. The van der Waals surface area contributed by atoms with Gasteiger partial charge in [-0.15, -0.1) is 0 Å². The Bertz CT molecular complexity index is 1410. The molecule has 0 saturated heterocycles. The Balaban J connectivity index is 1.31. The van der Waals surface area contributed by atoms with Gasteiger partial charge in [0.25, 0.3) is 0 Å². The molecule has 0 aliphatic carbocycles. The molecular formula is C38H38O3. The van der Waals surface area contributed by atoms with E-state index < -0.39 is 6.29 Å². The maximum absolute atomic E-state index is 6.50. The normalized spacial score (nSPS) is 12.4. The van der Waals surface area contributed by atoms with Crippen molar-refractivity contribution in [3.8, 4) is 33.8 Å². The van der Waals surface area contributed by atoms with Crippen molar-refractivity contribution in [2.24, 2.45) is 0 Å². The summed E-state index contributed by atoms with van der Waals surface area (Å²) >= 11 is 0. The van der Waals surface area contributed by atoms with Crippen LogP contribution in [0.1, 0.15) is 37.3 Å². The molecule has 5 rings (SSSR count). The number of para-hydroxylation sites is 1. The van der Waals surface area contributed by atoms with Gasteiger partial charge in [0.15, 0.2) is 0 Å². The number of rotatable bonds is 13. The maximum Gasteiger partial charge on any atom is 0.204 e. The van der Waals surface area contributed by atoms with Crippen LogP contribution in [0.2, 0.25) is 0 Å². The highest BCUT2D eigenvalue weighted by Crippen LogP contribution is 2.39. The molecule has 0 amide bonds. The zero-order valence-electron chi connectivity index (χ0n) is 23.9. The quantitative estimate of drug-likeness (QED) is 0.109. The first-order valence-corrected chi connectivity index (χ1v) is 14.5. The van der Waals surface area contributed by atoms with E-state index >= 15 is 0 Å². The lowest BCUT2D eigenvalue weighted by molar-refractivity contribution is -0.0856. The molecule has 0 N–H and O–H groups in total. The molecule has 0 fully saturated rings. The van der Waals surface area contributed by atoms with Gasteiger partial charge >= 0.3 is 0 Å². The Morgan fingerprint density at radius 1 is 0.585 bits per heavy atom.